The van der Waals surface area contributed by atoms with E-state index >= 15 is 0 Å². The third-order valence-electron chi connectivity index (χ3n) is 3.82. The van der Waals surface area contributed by atoms with Gasteiger partial charge in [-0.1, -0.05) is 0 Å². The van der Waals surface area contributed by atoms with Crippen LogP contribution in [-0.2, 0) is 27.3 Å². The van der Waals surface area contributed by atoms with E-state index in [1.54, 1.807) is 0 Å². The number of hydrogen-bond acceptors (Lipinski definition) is 13. The summed E-state index contributed by atoms with van der Waals surface area (Å²) in [5.74, 6) is 0.0524. The van der Waals surface area contributed by atoms with Crippen LogP contribution in [0.3, 0.4) is 0 Å². The lowest BCUT2D eigenvalue weighted by Crippen LogP contribution is -2.33. The Kier molecular flexibility index (Phi) is 6.97. The van der Waals surface area contributed by atoms with Crippen molar-refractivity contribution in [3.8, 4) is 0 Å². The number of phosphoric ester groups is 1. The minimum Gasteiger partial charge on any atom is -0.387 e. The third kappa shape index (κ3) is 5.89. The van der Waals surface area contributed by atoms with E-state index in [1.807, 2.05) is 0 Å². The molecule has 0 aromatic carbocycles. The van der Waals surface area contributed by atoms with Crippen LogP contribution >= 0.6 is 32.4 Å². The number of fused-ring (bicyclic) bond motifs is 1. The second kappa shape index (κ2) is 8.76. The van der Waals surface area contributed by atoms with Gasteiger partial charge < -0.3 is 40.3 Å². The minimum atomic E-state index is -5.33. The van der Waals surface area contributed by atoms with Crippen LogP contribution in [0.1, 0.15) is 6.23 Å². The van der Waals surface area contributed by atoms with Crippen LogP contribution in [0, 0.1) is 0 Å². The lowest BCUT2D eigenvalue weighted by Gasteiger charge is -2.19. The molecule has 8 N–H and O–H groups in total. The van der Waals surface area contributed by atoms with Gasteiger partial charge in [0.15, 0.2) is 17.7 Å². The zero-order valence-electron chi connectivity index (χ0n) is 14.9. The van der Waals surface area contributed by atoms with Crippen LogP contribution in [-0.4, -0.2) is 74.2 Å². The molecule has 3 rings (SSSR count). The van der Waals surface area contributed by atoms with Crippen LogP contribution in [0.2, 0.25) is 0 Å². The number of anilines is 1. The summed E-state index contributed by atoms with van der Waals surface area (Å²) in [6.07, 6.45) is -3.57. The molecule has 0 bridgehead atoms. The number of hydrogen-bond donors (Lipinski definition) is 7. The molecule has 174 valence electrons. The Labute approximate surface area is 176 Å². The fraction of sp³-hybridized carbons (Fsp3) is 0.500. The van der Waals surface area contributed by atoms with E-state index in [9.17, 15) is 33.7 Å². The Balaban J connectivity index is 1.69. The van der Waals surface area contributed by atoms with Crippen molar-refractivity contribution < 1.29 is 57.1 Å². The molecule has 2 aromatic heterocycles. The highest BCUT2D eigenvalue weighted by molar-refractivity contribution is 8.84. The first-order valence-corrected chi connectivity index (χ1v) is 14.6. The Bertz CT molecular complexity index is 1110. The van der Waals surface area contributed by atoms with E-state index in [0.717, 1.165) is 6.33 Å². The first kappa shape index (κ1) is 24.7. The van der Waals surface area contributed by atoms with E-state index in [4.69, 9.17) is 20.3 Å². The third-order valence-corrected chi connectivity index (χ3v) is 12.0. The Hall–Kier alpha value is -0.970. The molecule has 0 spiro atoms. The van der Waals surface area contributed by atoms with Gasteiger partial charge in [-0.3, -0.25) is 9.09 Å². The molecule has 17 nitrogen and oxygen atoms in total. The van der Waals surface area contributed by atoms with Crippen LogP contribution in [0.25, 0.3) is 11.2 Å². The molecule has 0 radical (unpaired) electrons. The van der Waals surface area contributed by atoms with Gasteiger partial charge in [0.05, 0.1) is 23.9 Å². The number of rotatable bonds is 8. The minimum absolute atomic E-state index is 0.0524. The molecule has 21 heteroatoms. The molecular weight excluding hydrogens is 507 g/mol. The highest BCUT2D eigenvalue weighted by Gasteiger charge is 2.46. The zero-order valence-corrected chi connectivity index (χ0v) is 18.4. The number of aliphatic hydroxyl groups excluding tert-OH is 2. The quantitative estimate of drug-likeness (QED) is 0.206. The smallest absolute Gasteiger partial charge is 0.387 e. The number of nitrogens with zero attached hydrogens (tertiary/aromatic N) is 4. The summed E-state index contributed by atoms with van der Waals surface area (Å²) < 4.78 is 49.2. The number of imidazole rings is 1. The molecule has 31 heavy (non-hydrogen) atoms. The van der Waals surface area contributed by atoms with Crippen molar-refractivity contribution in [3.05, 3.63) is 12.7 Å². The Morgan fingerprint density at radius 1 is 1.13 bits per heavy atom. The molecule has 2 aromatic rings. The van der Waals surface area contributed by atoms with E-state index in [0.29, 0.717) is 0 Å². The Morgan fingerprint density at radius 2 is 1.81 bits per heavy atom. The van der Waals surface area contributed by atoms with Gasteiger partial charge >= 0.3 is 21.4 Å². The molecule has 3 unspecified atom stereocenters. The molecule has 1 saturated heterocycles. The van der Waals surface area contributed by atoms with Crippen molar-refractivity contribution in [1.82, 2.24) is 19.5 Å². The number of nitrogen functional groups attached to an aromatic ring is 1. The molecule has 3 heterocycles. The van der Waals surface area contributed by atoms with Gasteiger partial charge in [0.25, 0.3) is 0 Å². The topological polar surface area (TPSA) is 270 Å². The van der Waals surface area contributed by atoms with Crippen LogP contribution in [0.15, 0.2) is 12.7 Å². The fourth-order valence-corrected chi connectivity index (χ4v) is 9.64. The van der Waals surface area contributed by atoms with Gasteiger partial charge in [0, 0.05) is 0 Å². The highest BCUT2D eigenvalue weighted by Crippen LogP contribution is 2.77. The molecule has 0 saturated carbocycles. The summed E-state index contributed by atoms with van der Waals surface area (Å²) >= 11 is -0.864. The summed E-state index contributed by atoms with van der Waals surface area (Å²) in [5, 5.41) is 20.4. The number of ether oxygens (including phenoxy) is 1. The lowest BCUT2D eigenvalue weighted by atomic mass is 10.1. The predicted molar refractivity (Wildman–Crippen MR) is 102 cm³/mol. The summed E-state index contributed by atoms with van der Waals surface area (Å²) in [7, 11) is -5.33. The van der Waals surface area contributed by atoms with Crippen LogP contribution in [0.4, 0.5) is 5.82 Å². The van der Waals surface area contributed by atoms with Crippen LogP contribution < -0.4 is 5.73 Å². The maximum absolute atomic E-state index is 11.8. The maximum atomic E-state index is 11.8. The van der Waals surface area contributed by atoms with Gasteiger partial charge in [-0.25, -0.2) is 28.6 Å². The van der Waals surface area contributed by atoms with Crippen LogP contribution in [0.5, 0.6) is 0 Å². The Morgan fingerprint density at radius 3 is 2.45 bits per heavy atom. The van der Waals surface area contributed by atoms with Gasteiger partial charge in [-0.05, 0) is 0 Å². The molecule has 0 amide bonds. The average molecular weight is 523 g/mol. The fourth-order valence-electron chi connectivity index (χ4n) is 2.62. The van der Waals surface area contributed by atoms with Crippen molar-refractivity contribution >= 4 is 49.4 Å². The number of aromatic nitrogens is 4. The molecule has 1 aliphatic heterocycles. The standard InChI is InChI=1S/C10H16N5O12P3S/c11-8-5-9(13-2-12-8)15(3-14-5)10-7(17)6(16)4(26-10)1-25-29(21,22)27-30(23,24)31-28(18,19)20/h2-4,6-7,10,16-17H,1H2,(H,21,22)(H,23,24)(H2,11,12,13)(H2,18,19,20)/t4-,6+,7?,10-/m1/s1. The van der Waals surface area contributed by atoms with Gasteiger partial charge in [0.1, 0.15) is 30.2 Å². The van der Waals surface area contributed by atoms with Crippen molar-refractivity contribution in [2.75, 3.05) is 12.3 Å². The molecular formula is C10H16N5O12P3S. The number of nitrogens with two attached hydrogens (primary N) is 1. The van der Waals surface area contributed by atoms with Gasteiger partial charge in [-0.2, -0.15) is 4.31 Å². The first-order valence-electron chi connectivity index (χ1n) is 7.92. The molecule has 6 atom stereocenters. The van der Waals surface area contributed by atoms with Gasteiger partial charge in [-0.15, -0.1) is 0 Å². The maximum Gasteiger partial charge on any atom is 0.480 e. The highest BCUT2D eigenvalue weighted by atomic mass is 33.1. The summed E-state index contributed by atoms with van der Waals surface area (Å²) in [4.78, 5) is 47.9. The average Bonchev–Trinajstić information content (AvgIpc) is 3.13. The van der Waals surface area contributed by atoms with E-state index in [1.165, 1.54) is 10.9 Å². The first-order chi connectivity index (χ1) is 14.2. The number of phosphoric acid groups is 1. The largest absolute Gasteiger partial charge is 0.480 e. The zero-order chi connectivity index (χ0) is 23.2. The SMILES string of the molecule is Nc1ncnc2c1ncn2[C@@H]1O[C@H](COP(=O)(O)OP(=O)(O)SP(=O)(O)O)[C@H](O)C1O. The van der Waals surface area contributed by atoms with Crippen molar-refractivity contribution in [1.29, 1.82) is 0 Å². The predicted octanol–water partition coefficient (Wildman–Crippen LogP) is -0.912. The second-order valence-corrected chi connectivity index (χ2v) is 14.7. The normalized spacial score (nSPS) is 28.5. The monoisotopic (exact) mass is 523 g/mol. The summed E-state index contributed by atoms with van der Waals surface area (Å²) in [6.45, 7) is -11.3. The lowest BCUT2D eigenvalue weighted by molar-refractivity contribution is -0.0501. The van der Waals surface area contributed by atoms with Crippen molar-refractivity contribution in [2.24, 2.45) is 0 Å². The summed E-state index contributed by atoms with van der Waals surface area (Å²) in [6, 6.07) is 0. The van der Waals surface area contributed by atoms with E-state index < -0.39 is 63.6 Å². The molecule has 0 aliphatic carbocycles. The van der Waals surface area contributed by atoms with Crippen molar-refractivity contribution in [2.45, 2.75) is 24.5 Å². The molecule has 1 fully saturated rings. The van der Waals surface area contributed by atoms with Gasteiger partial charge in [0.2, 0.25) is 0 Å². The second-order valence-electron chi connectivity index (χ2n) is 6.02. The van der Waals surface area contributed by atoms with E-state index in [2.05, 4.69) is 23.8 Å². The van der Waals surface area contributed by atoms with Crippen molar-refractivity contribution in [3.63, 3.8) is 0 Å². The molecule has 1 aliphatic rings. The van der Waals surface area contributed by atoms with E-state index in [-0.39, 0.29) is 17.0 Å². The summed E-state index contributed by atoms with van der Waals surface area (Å²) in [5.41, 5.74) is 6.04. The number of aliphatic hydroxyl groups is 2.